The van der Waals surface area contributed by atoms with Crippen LogP contribution in [0.1, 0.15) is 31.4 Å². The topological polar surface area (TPSA) is 65.7 Å². The van der Waals surface area contributed by atoms with Crippen LogP contribution in [0.4, 0.5) is 4.79 Å². The quantitative estimate of drug-likeness (QED) is 0.875. The Morgan fingerprint density at radius 1 is 1.42 bits per heavy atom. The molecule has 2 saturated heterocycles. The minimum absolute atomic E-state index is 0.0491. The van der Waals surface area contributed by atoms with Crippen LogP contribution >= 0.6 is 15.9 Å². The lowest BCUT2D eigenvalue weighted by Gasteiger charge is -2.37. The maximum Gasteiger partial charge on any atom is 0.318 e. The summed E-state index contributed by atoms with van der Waals surface area (Å²) >= 11 is 3.23. The van der Waals surface area contributed by atoms with Crippen molar-refractivity contribution in [2.24, 2.45) is 0 Å². The van der Waals surface area contributed by atoms with Gasteiger partial charge in [-0.1, -0.05) is 0 Å². The summed E-state index contributed by atoms with van der Waals surface area (Å²) in [5, 5.41) is 12.6. The Kier molecular flexibility index (Phi) is 3.54. The first-order chi connectivity index (χ1) is 9.13. The molecule has 3 heterocycles. The van der Waals surface area contributed by atoms with E-state index in [-0.39, 0.29) is 24.2 Å². The van der Waals surface area contributed by atoms with Gasteiger partial charge < -0.3 is 19.7 Å². The molecule has 0 aliphatic carbocycles. The standard InChI is InChI=1S/C13H17BrN2O3/c14-12-4-3-11(19-12)7-15-13(18)16-8-1-2-9(16)6-10(17)5-8/h3-4,8-10,17H,1-2,5-7H2,(H,15,18)/t8-,9-/m0/s1. The smallest absolute Gasteiger partial charge is 0.318 e. The van der Waals surface area contributed by atoms with Crippen LogP contribution in [-0.2, 0) is 6.54 Å². The highest BCUT2D eigenvalue weighted by Gasteiger charge is 2.42. The Balaban J connectivity index is 1.59. The van der Waals surface area contributed by atoms with E-state index < -0.39 is 0 Å². The second kappa shape index (κ2) is 5.17. The first-order valence-electron chi connectivity index (χ1n) is 6.62. The van der Waals surface area contributed by atoms with E-state index in [9.17, 15) is 9.90 Å². The highest BCUT2D eigenvalue weighted by Crippen LogP contribution is 2.35. The molecule has 1 aromatic heterocycles. The Hall–Kier alpha value is -1.01. The maximum atomic E-state index is 12.2. The second-order valence-electron chi connectivity index (χ2n) is 5.28. The zero-order chi connectivity index (χ0) is 13.4. The van der Waals surface area contributed by atoms with Crippen LogP contribution in [0.5, 0.6) is 0 Å². The first kappa shape index (κ1) is 13.0. The highest BCUT2D eigenvalue weighted by atomic mass is 79.9. The van der Waals surface area contributed by atoms with E-state index in [4.69, 9.17) is 4.42 Å². The van der Waals surface area contributed by atoms with Crippen LogP contribution in [0.25, 0.3) is 0 Å². The second-order valence-corrected chi connectivity index (χ2v) is 6.06. The molecule has 2 atom stereocenters. The summed E-state index contributed by atoms with van der Waals surface area (Å²) < 4.78 is 6.02. The summed E-state index contributed by atoms with van der Waals surface area (Å²) in [5.74, 6) is 0.726. The maximum absolute atomic E-state index is 12.2. The van der Waals surface area contributed by atoms with Gasteiger partial charge in [-0.2, -0.15) is 0 Å². The molecule has 2 fully saturated rings. The fourth-order valence-corrected chi connectivity index (χ4v) is 3.52. The van der Waals surface area contributed by atoms with Gasteiger partial charge in [0.25, 0.3) is 0 Å². The molecule has 5 nitrogen and oxygen atoms in total. The van der Waals surface area contributed by atoms with Gasteiger partial charge >= 0.3 is 6.03 Å². The zero-order valence-corrected chi connectivity index (χ0v) is 12.1. The highest BCUT2D eigenvalue weighted by molar-refractivity contribution is 9.10. The zero-order valence-electron chi connectivity index (χ0n) is 10.5. The fraction of sp³-hybridized carbons (Fsp3) is 0.615. The number of fused-ring (bicyclic) bond motifs is 2. The summed E-state index contributed by atoms with van der Waals surface area (Å²) in [7, 11) is 0. The number of nitrogens with one attached hydrogen (secondary N) is 1. The van der Waals surface area contributed by atoms with Crippen molar-refractivity contribution in [3.05, 3.63) is 22.6 Å². The third-order valence-electron chi connectivity index (χ3n) is 3.99. The van der Waals surface area contributed by atoms with Gasteiger partial charge in [-0.25, -0.2) is 4.79 Å². The lowest BCUT2D eigenvalue weighted by atomic mass is 10.0. The average molecular weight is 329 g/mol. The van der Waals surface area contributed by atoms with Gasteiger partial charge in [0.15, 0.2) is 4.67 Å². The third-order valence-corrected chi connectivity index (χ3v) is 4.41. The first-order valence-corrected chi connectivity index (χ1v) is 7.41. The number of furan rings is 1. The Morgan fingerprint density at radius 2 is 2.11 bits per heavy atom. The van der Waals surface area contributed by atoms with Gasteiger partial charge in [0, 0.05) is 12.1 Å². The Morgan fingerprint density at radius 3 is 2.68 bits per heavy atom. The molecule has 2 aliphatic heterocycles. The normalized spacial score (nSPS) is 29.6. The van der Waals surface area contributed by atoms with Crippen LogP contribution in [-0.4, -0.2) is 34.2 Å². The van der Waals surface area contributed by atoms with Crippen molar-refractivity contribution >= 4 is 22.0 Å². The van der Waals surface area contributed by atoms with Crippen molar-refractivity contribution in [3.63, 3.8) is 0 Å². The third kappa shape index (κ3) is 2.65. The van der Waals surface area contributed by atoms with Crippen LogP contribution in [0.3, 0.4) is 0 Å². The molecule has 1 aromatic rings. The van der Waals surface area contributed by atoms with Crippen LogP contribution in [0.2, 0.25) is 0 Å². The largest absolute Gasteiger partial charge is 0.452 e. The summed E-state index contributed by atoms with van der Waals surface area (Å²) in [6, 6.07) is 3.97. The number of hydrogen-bond acceptors (Lipinski definition) is 3. The number of aliphatic hydroxyl groups excluding tert-OH is 1. The number of piperidine rings is 1. The summed E-state index contributed by atoms with van der Waals surface area (Å²) in [6.07, 6.45) is 3.16. The van der Waals surface area contributed by atoms with Crippen LogP contribution in [0.15, 0.2) is 21.2 Å². The fourth-order valence-electron chi connectivity index (χ4n) is 3.18. The Bertz CT molecular complexity index is 462. The molecule has 6 heteroatoms. The lowest BCUT2D eigenvalue weighted by molar-refractivity contribution is 0.0540. The summed E-state index contributed by atoms with van der Waals surface area (Å²) in [4.78, 5) is 14.1. The number of aliphatic hydroxyl groups is 1. The number of nitrogens with zero attached hydrogens (tertiary/aromatic N) is 1. The molecule has 2 N–H and O–H groups in total. The van der Waals surface area contributed by atoms with Gasteiger partial charge in [0.1, 0.15) is 5.76 Å². The van der Waals surface area contributed by atoms with Crippen molar-refractivity contribution in [2.75, 3.05) is 0 Å². The minimum atomic E-state index is -0.248. The van der Waals surface area contributed by atoms with Gasteiger partial charge in [0.2, 0.25) is 0 Å². The van der Waals surface area contributed by atoms with E-state index in [0.717, 1.165) is 18.6 Å². The van der Waals surface area contributed by atoms with E-state index in [1.807, 2.05) is 17.0 Å². The van der Waals surface area contributed by atoms with Crippen LogP contribution < -0.4 is 5.32 Å². The molecule has 2 amide bonds. The van der Waals surface area contributed by atoms with Crippen molar-refractivity contribution in [1.82, 2.24) is 10.2 Å². The van der Waals surface area contributed by atoms with Gasteiger partial charge in [-0.05, 0) is 53.7 Å². The molecular weight excluding hydrogens is 312 g/mol. The van der Waals surface area contributed by atoms with E-state index in [1.54, 1.807) is 0 Å². The van der Waals surface area contributed by atoms with Gasteiger partial charge in [0.05, 0.1) is 12.6 Å². The molecule has 0 radical (unpaired) electrons. The molecule has 104 valence electrons. The van der Waals surface area contributed by atoms with Gasteiger partial charge in [-0.3, -0.25) is 0 Å². The number of hydrogen-bond donors (Lipinski definition) is 2. The monoisotopic (exact) mass is 328 g/mol. The van der Waals surface area contributed by atoms with Crippen molar-refractivity contribution in [1.29, 1.82) is 0 Å². The van der Waals surface area contributed by atoms with E-state index in [2.05, 4.69) is 21.2 Å². The molecule has 0 unspecified atom stereocenters. The average Bonchev–Trinajstić information content (AvgIpc) is 2.89. The molecule has 0 saturated carbocycles. The van der Waals surface area contributed by atoms with E-state index >= 15 is 0 Å². The molecule has 0 spiro atoms. The number of urea groups is 1. The SMILES string of the molecule is O=C(NCc1ccc(Br)o1)N1[C@H]2CC[C@H]1CC(O)C2. The summed E-state index contributed by atoms with van der Waals surface area (Å²) in [6.45, 7) is 0.392. The van der Waals surface area contributed by atoms with Crippen molar-refractivity contribution in [2.45, 2.75) is 50.4 Å². The number of carbonyl (C=O) groups excluding carboxylic acids is 1. The van der Waals surface area contributed by atoms with Crippen molar-refractivity contribution < 1.29 is 14.3 Å². The van der Waals surface area contributed by atoms with Gasteiger partial charge in [-0.15, -0.1) is 0 Å². The predicted molar refractivity (Wildman–Crippen MR) is 72.5 cm³/mol. The molecule has 2 aliphatic rings. The Labute approximate surface area is 120 Å². The van der Waals surface area contributed by atoms with Crippen molar-refractivity contribution in [3.8, 4) is 0 Å². The predicted octanol–water partition coefficient (Wildman–Crippen LogP) is 2.24. The molecule has 3 rings (SSSR count). The number of carbonyl (C=O) groups is 1. The summed E-state index contributed by atoms with van der Waals surface area (Å²) in [5.41, 5.74) is 0. The van der Waals surface area contributed by atoms with Crippen LogP contribution in [0, 0.1) is 0 Å². The molecule has 2 bridgehead atoms. The number of halogens is 1. The molecular formula is C13H17BrN2O3. The number of rotatable bonds is 2. The van der Waals surface area contributed by atoms with E-state index in [1.165, 1.54) is 0 Å². The molecule has 19 heavy (non-hydrogen) atoms. The minimum Gasteiger partial charge on any atom is -0.452 e. The lowest BCUT2D eigenvalue weighted by Crippen LogP contribution is -2.51. The molecule has 0 aromatic carbocycles. The number of amides is 2. The van der Waals surface area contributed by atoms with E-state index in [0.29, 0.717) is 24.1 Å².